The third-order valence-electron chi connectivity index (χ3n) is 4.95. The molecule has 28 heavy (non-hydrogen) atoms. The fourth-order valence-electron chi connectivity index (χ4n) is 3.84. The topological polar surface area (TPSA) is 101 Å². The van der Waals surface area contributed by atoms with E-state index < -0.39 is 5.91 Å². The summed E-state index contributed by atoms with van der Waals surface area (Å²) in [4.78, 5) is 36.9. The van der Waals surface area contributed by atoms with E-state index in [-0.39, 0.29) is 29.6 Å². The van der Waals surface area contributed by atoms with Crippen molar-refractivity contribution in [2.24, 2.45) is 17.6 Å². The maximum Gasteiger partial charge on any atom is 0.249 e. The van der Waals surface area contributed by atoms with E-state index in [1.54, 1.807) is 12.1 Å². The highest BCUT2D eigenvalue weighted by Gasteiger charge is 2.27. The van der Waals surface area contributed by atoms with Crippen LogP contribution >= 0.6 is 0 Å². The Morgan fingerprint density at radius 3 is 2.00 bits per heavy atom. The average molecular weight is 388 g/mol. The zero-order chi connectivity index (χ0) is 20.8. The van der Waals surface area contributed by atoms with Crippen LogP contribution in [0.5, 0.6) is 0 Å². The normalized spacial score (nSPS) is 14.5. The van der Waals surface area contributed by atoms with Gasteiger partial charge in [-0.15, -0.1) is 0 Å². The number of benzene rings is 1. The molecule has 0 spiro atoms. The van der Waals surface area contributed by atoms with Crippen LogP contribution < -0.4 is 16.4 Å². The monoisotopic (exact) mass is 387 g/mol. The first-order valence-corrected chi connectivity index (χ1v) is 10.2. The van der Waals surface area contributed by atoms with Crippen molar-refractivity contribution in [2.75, 3.05) is 10.6 Å². The van der Waals surface area contributed by atoms with Crippen molar-refractivity contribution in [3.63, 3.8) is 0 Å². The molecule has 0 atom stereocenters. The van der Waals surface area contributed by atoms with E-state index in [9.17, 15) is 14.4 Å². The van der Waals surface area contributed by atoms with E-state index in [4.69, 9.17) is 5.73 Å². The number of hydrogen-bond acceptors (Lipinski definition) is 3. The Bertz CT molecular complexity index is 735. The summed E-state index contributed by atoms with van der Waals surface area (Å²) in [6.45, 7) is 7.90. The van der Waals surface area contributed by atoms with Gasteiger partial charge in [0.1, 0.15) is 0 Å². The van der Waals surface area contributed by atoms with Crippen LogP contribution in [0.2, 0.25) is 0 Å². The molecular formula is C22H33N3O3. The van der Waals surface area contributed by atoms with Gasteiger partial charge in [-0.25, -0.2) is 0 Å². The molecule has 1 aromatic rings. The van der Waals surface area contributed by atoms with Gasteiger partial charge in [0.25, 0.3) is 0 Å². The minimum absolute atomic E-state index is 0.102. The second-order valence-electron chi connectivity index (χ2n) is 8.62. The zero-order valence-electron chi connectivity index (χ0n) is 17.4. The number of hydrogen-bond donors (Lipinski definition) is 3. The molecular weight excluding hydrogens is 354 g/mol. The number of nitrogens with one attached hydrogen (secondary N) is 2. The SMILES string of the molecule is CC(C)CC(=O)Nc1cc(NC(=O)CC(C)C)c(C2CCCC2)c(C(N)=O)c1. The summed E-state index contributed by atoms with van der Waals surface area (Å²) in [5, 5.41) is 5.81. The Labute approximate surface area is 167 Å². The van der Waals surface area contributed by atoms with E-state index in [1.165, 1.54) is 0 Å². The quantitative estimate of drug-likeness (QED) is 0.615. The summed E-state index contributed by atoms with van der Waals surface area (Å²) in [5.74, 6) is -0.134. The Morgan fingerprint density at radius 1 is 0.964 bits per heavy atom. The third-order valence-corrected chi connectivity index (χ3v) is 4.95. The first-order chi connectivity index (χ1) is 13.2. The van der Waals surface area contributed by atoms with Gasteiger partial charge in [-0.3, -0.25) is 14.4 Å². The van der Waals surface area contributed by atoms with Crippen molar-refractivity contribution in [2.45, 2.75) is 72.1 Å². The van der Waals surface area contributed by atoms with Crippen molar-refractivity contribution in [3.05, 3.63) is 23.3 Å². The molecule has 0 saturated heterocycles. The van der Waals surface area contributed by atoms with Crippen LogP contribution in [0.3, 0.4) is 0 Å². The van der Waals surface area contributed by atoms with E-state index in [0.29, 0.717) is 29.8 Å². The van der Waals surface area contributed by atoms with Crippen LogP contribution in [0, 0.1) is 11.8 Å². The molecule has 0 unspecified atom stereocenters. The van der Waals surface area contributed by atoms with Crippen molar-refractivity contribution >= 4 is 29.1 Å². The van der Waals surface area contributed by atoms with Crippen molar-refractivity contribution < 1.29 is 14.4 Å². The van der Waals surface area contributed by atoms with E-state index >= 15 is 0 Å². The lowest BCUT2D eigenvalue weighted by atomic mass is 9.90. The van der Waals surface area contributed by atoms with E-state index in [1.807, 2.05) is 27.7 Å². The van der Waals surface area contributed by atoms with Gasteiger partial charge in [-0.2, -0.15) is 0 Å². The van der Waals surface area contributed by atoms with Crippen LogP contribution in [-0.2, 0) is 9.59 Å². The van der Waals surface area contributed by atoms with Gasteiger partial charge in [0.2, 0.25) is 17.7 Å². The van der Waals surface area contributed by atoms with Gasteiger partial charge in [-0.1, -0.05) is 40.5 Å². The molecule has 6 nitrogen and oxygen atoms in total. The van der Waals surface area contributed by atoms with Crippen molar-refractivity contribution in [1.29, 1.82) is 0 Å². The van der Waals surface area contributed by atoms with Gasteiger partial charge in [0.15, 0.2) is 0 Å². The van der Waals surface area contributed by atoms with Gasteiger partial charge >= 0.3 is 0 Å². The molecule has 1 saturated carbocycles. The molecule has 0 aromatic heterocycles. The maximum atomic E-state index is 12.4. The number of amides is 3. The number of primary amides is 1. The Morgan fingerprint density at radius 2 is 1.50 bits per heavy atom. The standard InChI is InChI=1S/C22H33N3O3/c1-13(2)9-19(26)24-16-11-17(22(23)28)21(15-7-5-6-8-15)18(12-16)25-20(27)10-14(3)4/h11-15H,5-10H2,1-4H3,(H2,23,28)(H,24,26)(H,25,27). The largest absolute Gasteiger partial charge is 0.366 e. The number of carbonyl (C=O) groups excluding carboxylic acids is 3. The molecule has 6 heteroatoms. The highest BCUT2D eigenvalue weighted by atomic mass is 16.2. The third kappa shape index (κ3) is 6.08. The van der Waals surface area contributed by atoms with Crippen LogP contribution in [-0.4, -0.2) is 17.7 Å². The number of carbonyl (C=O) groups is 3. The highest BCUT2D eigenvalue weighted by molar-refractivity contribution is 6.02. The van der Waals surface area contributed by atoms with E-state index in [2.05, 4.69) is 10.6 Å². The summed E-state index contributed by atoms with van der Waals surface area (Å²) in [5.41, 5.74) is 7.95. The molecule has 0 radical (unpaired) electrons. The highest BCUT2D eigenvalue weighted by Crippen LogP contribution is 2.41. The minimum Gasteiger partial charge on any atom is -0.366 e. The fraction of sp³-hybridized carbons (Fsp3) is 0.591. The van der Waals surface area contributed by atoms with Crippen molar-refractivity contribution in [3.8, 4) is 0 Å². The maximum absolute atomic E-state index is 12.4. The number of rotatable bonds is 8. The molecule has 2 rings (SSSR count). The lowest BCUT2D eigenvalue weighted by Gasteiger charge is -2.21. The fourth-order valence-corrected chi connectivity index (χ4v) is 3.84. The van der Waals surface area contributed by atoms with Gasteiger partial charge in [0, 0.05) is 29.8 Å². The second kappa shape index (κ2) is 9.71. The Balaban J connectivity index is 2.44. The zero-order valence-corrected chi connectivity index (χ0v) is 17.4. The average Bonchev–Trinajstić information content (AvgIpc) is 3.06. The molecule has 1 aliphatic rings. The summed E-state index contributed by atoms with van der Waals surface area (Å²) in [6.07, 6.45) is 4.88. The first kappa shape index (κ1) is 21.9. The smallest absolute Gasteiger partial charge is 0.249 e. The van der Waals surface area contributed by atoms with E-state index in [0.717, 1.165) is 31.2 Å². The molecule has 0 aliphatic heterocycles. The van der Waals surface area contributed by atoms with Crippen LogP contribution in [0.15, 0.2) is 12.1 Å². The molecule has 1 aliphatic carbocycles. The minimum atomic E-state index is -0.541. The van der Waals surface area contributed by atoms with Gasteiger partial charge in [-0.05, 0) is 48.3 Å². The van der Waals surface area contributed by atoms with Gasteiger partial charge in [0.05, 0.1) is 0 Å². The predicted molar refractivity (Wildman–Crippen MR) is 112 cm³/mol. The molecule has 4 N–H and O–H groups in total. The molecule has 0 heterocycles. The second-order valence-corrected chi connectivity index (χ2v) is 8.62. The summed E-state index contributed by atoms with van der Waals surface area (Å²) < 4.78 is 0. The first-order valence-electron chi connectivity index (χ1n) is 10.2. The Kier molecular flexibility index (Phi) is 7.61. The van der Waals surface area contributed by atoms with Gasteiger partial charge < -0.3 is 16.4 Å². The molecule has 154 valence electrons. The number of nitrogens with two attached hydrogens (primary N) is 1. The van der Waals surface area contributed by atoms with Crippen LogP contribution in [0.25, 0.3) is 0 Å². The summed E-state index contributed by atoms with van der Waals surface area (Å²) >= 11 is 0. The summed E-state index contributed by atoms with van der Waals surface area (Å²) in [6, 6.07) is 3.41. The Hall–Kier alpha value is -2.37. The molecule has 0 bridgehead atoms. The van der Waals surface area contributed by atoms with Crippen LogP contribution in [0.4, 0.5) is 11.4 Å². The predicted octanol–water partition coefficient (Wildman–Crippen LogP) is 4.41. The van der Waals surface area contributed by atoms with Crippen molar-refractivity contribution in [1.82, 2.24) is 0 Å². The molecule has 3 amide bonds. The number of anilines is 2. The molecule has 1 fully saturated rings. The lowest BCUT2D eigenvalue weighted by Crippen LogP contribution is -2.21. The summed E-state index contributed by atoms with van der Waals surface area (Å²) in [7, 11) is 0. The molecule has 1 aromatic carbocycles. The lowest BCUT2D eigenvalue weighted by molar-refractivity contribution is -0.117. The van der Waals surface area contributed by atoms with Crippen LogP contribution in [0.1, 0.15) is 88.1 Å².